The lowest BCUT2D eigenvalue weighted by molar-refractivity contribution is 1.12. The first-order valence-electron chi connectivity index (χ1n) is 5.64. The van der Waals surface area contributed by atoms with Gasteiger partial charge in [-0.15, -0.1) is 0 Å². The molecule has 0 unspecified atom stereocenters. The number of nitrogens with zero attached hydrogens (tertiary/aromatic N) is 3. The van der Waals surface area contributed by atoms with Gasteiger partial charge in [-0.2, -0.15) is 5.26 Å². The van der Waals surface area contributed by atoms with Gasteiger partial charge < -0.3 is 10.2 Å². The topological polar surface area (TPSA) is 52.0 Å². The lowest BCUT2D eigenvalue weighted by atomic mass is 10.2. The van der Waals surface area contributed by atoms with Gasteiger partial charge >= 0.3 is 0 Å². The molecule has 18 heavy (non-hydrogen) atoms. The Balaban J connectivity index is 2.41. The molecule has 0 atom stereocenters. The van der Waals surface area contributed by atoms with Crippen LogP contribution in [0, 0.1) is 11.3 Å². The van der Waals surface area contributed by atoms with Crippen LogP contribution >= 0.6 is 0 Å². The minimum atomic E-state index is 0.636. The molecule has 0 bridgehead atoms. The number of rotatable bonds is 3. The van der Waals surface area contributed by atoms with Crippen LogP contribution in [0.1, 0.15) is 5.56 Å². The molecule has 1 aromatic heterocycles. The first-order chi connectivity index (χ1) is 8.76. The summed E-state index contributed by atoms with van der Waals surface area (Å²) in [5.41, 5.74) is 1.48. The zero-order valence-corrected chi connectivity index (χ0v) is 10.4. The summed E-state index contributed by atoms with van der Waals surface area (Å²) in [6.07, 6.45) is 0. The van der Waals surface area contributed by atoms with E-state index in [0.717, 1.165) is 17.3 Å². The van der Waals surface area contributed by atoms with Crippen molar-refractivity contribution < 1.29 is 0 Å². The highest BCUT2D eigenvalue weighted by atomic mass is 15.2. The van der Waals surface area contributed by atoms with Crippen molar-refractivity contribution in [2.24, 2.45) is 0 Å². The Labute approximate surface area is 107 Å². The lowest BCUT2D eigenvalue weighted by Crippen LogP contribution is -2.13. The number of nitrogens with one attached hydrogen (secondary N) is 1. The number of hydrogen-bond acceptors (Lipinski definition) is 4. The number of aromatic nitrogens is 1. The first kappa shape index (κ1) is 11.9. The summed E-state index contributed by atoms with van der Waals surface area (Å²) in [4.78, 5) is 6.35. The van der Waals surface area contributed by atoms with Crippen LogP contribution in [0.5, 0.6) is 0 Å². The van der Waals surface area contributed by atoms with Crippen molar-refractivity contribution in [2.45, 2.75) is 0 Å². The van der Waals surface area contributed by atoms with Gasteiger partial charge in [0.05, 0.1) is 11.3 Å². The van der Waals surface area contributed by atoms with E-state index in [1.807, 2.05) is 55.4 Å². The van der Waals surface area contributed by atoms with Crippen molar-refractivity contribution in [1.29, 1.82) is 5.26 Å². The monoisotopic (exact) mass is 238 g/mol. The number of pyridine rings is 1. The maximum absolute atomic E-state index is 9.11. The van der Waals surface area contributed by atoms with E-state index in [1.54, 1.807) is 6.07 Å². The maximum Gasteiger partial charge on any atom is 0.135 e. The van der Waals surface area contributed by atoms with Crippen molar-refractivity contribution in [3.8, 4) is 6.07 Å². The van der Waals surface area contributed by atoms with Crippen molar-refractivity contribution in [3.05, 3.63) is 48.0 Å². The molecule has 2 rings (SSSR count). The highest BCUT2D eigenvalue weighted by Gasteiger charge is 2.09. The second-order valence-corrected chi connectivity index (χ2v) is 3.82. The standard InChI is InChI=1S/C14H14N4/c1-16-13-8-5-9-14(17-13)18(2)12-7-4-3-6-11(12)10-15/h3-9H,1-2H3,(H,16,17). The molecule has 4 heteroatoms. The van der Waals surface area contributed by atoms with E-state index in [2.05, 4.69) is 16.4 Å². The third-order valence-corrected chi connectivity index (χ3v) is 2.72. The predicted molar refractivity (Wildman–Crippen MR) is 73.0 cm³/mol. The van der Waals surface area contributed by atoms with Crippen LogP contribution in [0.3, 0.4) is 0 Å². The Morgan fingerprint density at radius 2 is 1.94 bits per heavy atom. The zero-order chi connectivity index (χ0) is 13.0. The zero-order valence-electron chi connectivity index (χ0n) is 10.4. The summed E-state index contributed by atoms with van der Waals surface area (Å²) in [7, 11) is 3.73. The quantitative estimate of drug-likeness (QED) is 0.893. The van der Waals surface area contributed by atoms with Crippen molar-refractivity contribution >= 4 is 17.3 Å². The largest absolute Gasteiger partial charge is 0.373 e. The third kappa shape index (κ3) is 2.25. The SMILES string of the molecule is CNc1cccc(N(C)c2ccccc2C#N)n1. The van der Waals surface area contributed by atoms with E-state index in [1.165, 1.54) is 0 Å². The van der Waals surface area contributed by atoms with Gasteiger partial charge in [0, 0.05) is 14.1 Å². The lowest BCUT2D eigenvalue weighted by Gasteiger charge is -2.19. The van der Waals surface area contributed by atoms with E-state index in [0.29, 0.717) is 5.56 Å². The molecule has 2 aromatic rings. The average molecular weight is 238 g/mol. The van der Waals surface area contributed by atoms with Crippen molar-refractivity contribution in [3.63, 3.8) is 0 Å². The van der Waals surface area contributed by atoms with Crippen LogP contribution in [0.2, 0.25) is 0 Å². The molecule has 0 aliphatic rings. The van der Waals surface area contributed by atoms with Gasteiger partial charge in [0.2, 0.25) is 0 Å². The van der Waals surface area contributed by atoms with Gasteiger partial charge in [-0.25, -0.2) is 4.98 Å². The van der Waals surface area contributed by atoms with E-state index in [9.17, 15) is 0 Å². The molecule has 1 heterocycles. The van der Waals surface area contributed by atoms with Crippen molar-refractivity contribution in [1.82, 2.24) is 4.98 Å². The van der Waals surface area contributed by atoms with Gasteiger partial charge in [0.1, 0.15) is 17.7 Å². The van der Waals surface area contributed by atoms with Crippen LogP contribution in [0.15, 0.2) is 42.5 Å². The minimum Gasteiger partial charge on any atom is -0.373 e. The number of anilines is 3. The third-order valence-electron chi connectivity index (χ3n) is 2.72. The molecule has 0 spiro atoms. The number of nitriles is 1. The fourth-order valence-corrected chi connectivity index (χ4v) is 1.73. The highest BCUT2D eigenvalue weighted by Crippen LogP contribution is 2.25. The van der Waals surface area contributed by atoms with Crippen LogP contribution in [-0.2, 0) is 0 Å². The summed E-state index contributed by atoms with van der Waals surface area (Å²) in [5.74, 6) is 1.60. The second-order valence-electron chi connectivity index (χ2n) is 3.82. The number of para-hydroxylation sites is 1. The average Bonchev–Trinajstić information content (AvgIpc) is 2.46. The molecule has 1 N–H and O–H groups in total. The number of hydrogen-bond donors (Lipinski definition) is 1. The Morgan fingerprint density at radius 1 is 1.17 bits per heavy atom. The summed E-state index contributed by atoms with van der Waals surface area (Å²) in [5, 5.41) is 12.1. The van der Waals surface area contributed by atoms with Gasteiger partial charge in [-0.1, -0.05) is 18.2 Å². The molecule has 1 aromatic carbocycles. The van der Waals surface area contributed by atoms with Crippen LogP contribution < -0.4 is 10.2 Å². The maximum atomic E-state index is 9.11. The minimum absolute atomic E-state index is 0.636. The van der Waals surface area contributed by atoms with Gasteiger partial charge in [0.15, 0.2) is 0 Å². The molecule has 90 valence electrons. The molecular formula is C14H14N4. The molecule has 0 amide bonds. The van der Waals surface area contributed by atoms with Gasteiger partial charge in [-0.05, 0) is 24.3 Å². The van der Waals surface area contributed by atoms with E-state index in [4.69, 9.17) is 5.26 Å². The van der Waals surface area contributed by atoms with Crippen LogP contribution in [0.25, 0.3) is 0 Å². The molecule has 0 aliphatic carbocycles. The van der Waals surface area contributed by atoms with Crippen LogP contribution in [0.4, 0.5) is 17.3 Å². The molecule has 0 saturated heterocycles. The molecule has 0 saturated carbocycles. The number of benzene rings is 1. The Bertz CT molecular complexity index is 586. The molecule has 0 aliphatic heterocycles. The van der Waals surface area contributed by atoms with E-state index >= 15 is 0 Å². The van der Waals surface area contributed by atoms with Crippen molar-refractivity contribution in [2.75, 3.05) is 24.3 Å². The Hall–Kier alpha value is -2.54. The predicted octanol–water partition coefficient (Wildman–Crippen LogP) is 2.76. The molecule has 0 radical (unpaired) electrons. The summed E-state index contributed by atoms with van der Waals surface area (Å²) < 4.78 is 0. The molecule has 4 nitrogen and oxygen atoms in total. The normalized spacial score (nSPS) is 9.61. The summed E-state index contributed by atoms with van der Waals surface area (Å²) in [6.45, 7) is 0. The highest BCUT2D eigenvalue weighted by molar-refractivity contribution is 5.67. The molecular weight excluding hydrogens is 224 g/mol. The van der Waals surface area contributed by atoms with Gasteiger partial charge in [-0.3, -0.25) is 0 Å². The fraction of sp³-hybridized carbons (Fsp3) is 0.143. The Morgan fingerprint density at radius 3 is 2.67 bits per heavy atom. The summed E-state index contributed by atoms with van der Waals surface area (Å²) in [6, 6.07) is 15.4. The smallest absolute Gasteiger partial charge is 0.135 e. The van der Waals surface area contributed by atoms with Gasteiger partial charge in [0.25, 0.3) is 0 Å². The first-order valence-corrected chi connectivity index (χ1v) is 5.64. The van der Waals surface area contributed by atoms with E-state index in [-0.39, 0.29) is 0 Å². The molecule has 0 fully saturated rings. The second kappa shape index (κ2) is 5.19. The van der Waals surface area contributed by atoms with Crippen LogP contribution in [-0.4, -0.2) is 19.1 Å². The summed E-state index contributed by atoms with van der Waals surface area (Å²) >= 11 is 0. The van der Waals surface area contributed by atoms with E-state index < -0.39 is 0 Å². The fourth-order valence-electron chi connectivity index (χ4n) is 1.73. The Kier molecular flexibility index (Phi) is 3.44.